The fourth-order valence-electron chi connectivity index (χ4n) is 3.80. The van der Waals surface area contributed by atoms with Crippen molar-refractivity contribution in [2.75, 3.05) is 5.32 Å². The van der Waals surface area contributed by atoms with Crippen molar-refractivity contribution in [1.82, 2.24) is 0 Å². The van der Waals surface area contributed by atoms with Gasteiger partial charge in [-0.3, -0.25) is 0 Å². The van der Waals surface area contributed by atoms with E-state index in [1.54, 1.807) is 0 Å². The van der Waals surface area contributed by atoms with Gasteiger partial charge in [-0.1, -0.05) is 48.7 Å². The number of fused-ring (bicyclic) bond motifs is 2. The van der Waals surface area contributed by atoms with Crippen LogP contribution < -0.4 is 45.0 Å². The van der Waals surface area contributed by atoms with E-state index >= 15 is 0 Å². The molecule has 0 unspecified atom stereocenters. The van der Waals surface area contributed by atoms with E-state index in [0.29, 0.717) is 0 Å². The van der Waals surface area contributed by atoms with Crippen LogP contribution in [0.15, 0.2) is 30.3 Å². The van der Waals surface area contributed by atoms with Gasteiger partial charge in [0.05, 0.1) is 5.75 Å². The van der Waals surface area contributed by atoms with Gasteiger partial charge in [-0.05, 0) is 59.4 Å². The van der Waals surface area contributed by atoms with Crippen molar-refractivity contribution in [3.63, 3.8) is 0 Å². The Morgan fingerprint density at radius 3 is 2.23 bits per heavy atom. The second-order valence-electron chi connectivity index (χ2n) is 9.84. The quantitative estimate of drug-likeness (QED) is 0.336. The van der Waals surface area contributed by atoms with Gasteiger partial charge in [0.2, 0.25) is 8.32 Å². The van der Waals surface area contributed by atoms with Crippen LogP contribution in [0.25, 0.3) is 11.6 Å². The molecule has 0 aromatic heterocycles. The molecule has 0 aliphatic heterocycles. The SMILES string of the molecule is CCCC(C)=c1c(O[Si](C)(C)C)cc2c(c1NC(C)(C)C)[C-]=c1ccccc1=2.[Cl-].[Cl-].[Zr+3]. The van der Waals surface area contributed by atoms with E-state index in [1.807, 2.05) is 0 Å². The maximum atomic E-state index is 6.65. The van der Waals surface area contributed by atoms with Gasteiger partial charge in [0.1, 0.15) is 0 Å². The summed E-state index contributed by atoms with van der Waals surface area (Å²) in [6.07, 6.45) is 5.86. The molecule has 0 atom stereocenters. The van der Waals surface area contributed by atoms with Crippen molar-refractivity contribution in [2.24, 2.45) is 0 Å². The van der Waals surface area contributed by atoms with Gasteiger partial charge < -0.3 is 34.6 Å². The minimum Gasteiger partial charge on any atom is -1.00 e. The molecule has 0 heterocycles. The van der Waals surface area contributed by atoms with Crippen LogP contribution in [0.4, 0.5) is 5.69 Å². The number of anilines is 1. The third-order valence-electron chi connectivity index (χ3n) is 4.74. The summed E-state index contributed by atoms with van der Waals surface area (Å²) < 4.78 is 6.65. The molecule has 0 amide bonds. The number of hydrogen-bond acceptors (Lipinski definition) is 2. The minimum atomic E-state index is -1.77. The number of rotatable bonds is 5. The van der Waals surface area contributed by atoms with E-state index < -0.39 is 8.32 Å². The van der Waals surface area contributed by atoms with Crippen molar-refractivity contribution in [2.45, 2.75) is 72.6 Å². The van der Waals surface area contributed by atoms with Crippen molar-refractivity contribution < 1.29 is 55.4 Å². The first-order chi connectivity index (χ1) is 13.0. The van der Waals surface area contributed by atoms with E-state index in [9.17, 15) is 0 Å². The van der Waals surface area contributed by atoms with Gasteiger partial charge in [-0.2, -0.15) is 0 Å². The molecule has 0 bridgehead atoms. The number of nitrogens with one attached hydrogen (secondary N) is 1. The molecule has 1 aliphatic rings. The fraction of sp³-hybridized carbons (Fsp3) is 0.440. The topological polar surface area (TPSA) is 21.3 Å². The number of benzene rings is 2. The zero-order chi connectivity index (χ0) is 20.7. The Morgan fingerprint density at radius 1 is 1.06 bits per heavy atom. The fourth-order valence-corrected chi connectivity index (χ4v) is 4.62. The van der Waals surface area contributed by atoms with E-state index in [1.165, 1.54) is 37.7 Å². The van der Waals surface area contributed by atoms with E-state index in [2.05, 4.69) is 96.0 Å². The van der Waals surface area contributed by atoms with Crippen LogP contribution in [0.3, 0.4) is 0 Å². The maximum absolute atomic E-state index is 6.65. The number of halogens is 2. The van der Waals surface area contributed by atoms with Crippen LogP contribution in [-0.4, -0.2) is 13.9 Å². The first-order valence-electron chi connectivity index (χ1n) is 10.4. The van der Waals surface area contributed by atoms with E-state index in [-0.39, 0.29) is 56.6 Å². The molecule has 2 nitrogen and oxygen atoms in total. The normalized spacial score (nSPS) is 12.8. The maximum Gasteiger partial charge on any atom is 3.00 e. The Bertz CT molecular complexity index is 1120. The summed E-state index contributed by atoms with van der Waals surface area (Å²) in [5.74, 6) is 1.02. The molecule has 167 valence electrons. The van der Waals surface area contributed by atoms with E-state index in [4.69, 9.17) is 4.43 Å². The molecule has 2 aromatic rings. The third kappa shape index (κ3) is 7.22. The standard InChI is InChI=1S/C25H34NOSi.2ClH.Zr/c1-9-12-17(2)23-22(27-28(6,7)8)16-20-19-14-11-10-13-18(19)15-21(20)24(23)26-25(3,4)5;;;/h10-11,13-14,16,26H,9,12H2,1-8H3;2*1H;/q-1;;;+3/p-2. The molecule has 1 N–H and O–H groups in total. The molecular weight excluding hydrogens is 520 g/mol. The summed E-state index contributed by atoms with van der Waals surface area (Å²) in [6.45, 7) is 17.9. The smallest absolute Gasteiger partial charge is 1.00 e. The summed E-state index contributed by atoms with van der Waals surface area (Å²) >= 11 is 0. The van der Waals surface area contributed by atoms with Gasteiger partial charge in [-0.25, -0.2) is 0 Å². The summed E-state index contributed by atoms with van der Waals surface area (Å²) in [7, 11) is -1.77. The minimum absolute atomic E-state index is 0. The van der Waals surface area contributed by atoms with Crippen molar-refractivity contribution >= 4 is 25.7 Å². The Morgan fingerprint density at radius 2 is 1.68 bits per heavy atom. The predicted molar refractivity (Wildman–Crippen MR) is 124 cm³/mol. The van der Waals surface area contributed by atoms with Crippen molar-refractivity contribution in [3.05, 3.63) is 56.8 Å². The van der Waals surface area contributed by atoms with Crippen LogP contribution >= 0.6 is 0 Å². The molecule has 0 fully saturated rings. The van der Waals surface area contributed by atoms with Crippen LogP contribution in [0.2, 0.25) is 19.6 Å². The van der Waals surface area contributed by atoms with E-state index in [0.717, 1.165) is 18.6 Å². The summed E-state index contributed by atoms with van der Waals surface area (Å²) in [6, 6.07) is 10.8. The molecular formula is C25H34Cl2NOSiZr. The zero-order valence-electron chi connectivity index (χ0n) is 20.0. The Balaban J connectivity index is 0.00000300. The Kier molecular flexibility index (Phi) is 11.3. The van der Waals surface area contributed by atoms with Gasteiger partial charge >= 0.3 is 26.2 Å². The second-order valence-corrected chi connectivity index (χ2v) is 14.3. The first kappa shape index (κ1) is 30.5. The summed E-state index contributed by atoms with van der Waals surface area (Å²) in [4.78, 5) is 0. The van der Waals surface area contributed by atoms with Crippen LogP contribution in [0, 0.1) is 10.4 Å². The van der Waals surface area contributed by atoms with Crippen molar-refractivity contribution in [1.29, 1.82) is 0 Å². The number of hydrogen-bond donors (Lipinski definition) is 1. The summed E-state index contributed by atoms with van der Waals surface area (Å²) in [5, 5.41) is 8.67. The zero-order valence-corrected chi connectivity index (χ0v) is 24.9. The molecule has 6 heteroatoms. The van der Waals surface area contributed by atoms with Gasteiger partial charge in [0.15, 0.2) is 0 Å². The van der Waals surface area contributed by atoms with Gasteiger partial charge in [0, 0.05) is 10.8 Å². The summed E-state index contributed by atoms with van der Waals surface area (Å²) in [5.41, 5.74) is 3.66. The van der Waals surface area contributed by atoms with Crippen LogP contribution in [0.5, 0.6) is 5.75 Å². The molecule has 3 rings (SSSR count). The largest absolute Gasteiger partial charge is 3.00 e. The Labute approximate surface area is 220 Å². The average Bonchev–Trinajstić information content (AvgIpc) is 2.91. The monoisotopic (exact) mass is 552 g/mol. The first-order valence-corrected chi connectivity index (χ1v) is 13.8. The molecule has 0 saturated carbocycles. The van der Waals surface area contributed by atoms with Crippen molar-refractivity contribution in [3.8, 4) is 5.75 Å². The molecule has 31 heavy (non-hydrogen) atoms. The molecule has 2 aromatic carbocycles. The third-order valence-corrected chi connectivity index (χ3v) is 5.57. The van der Waals surface area contributed by atoms with Gasteiger partial charge in [0.25, 0.3) is 0 Å². The van der Waals surface area contributed by atoms with Gasteiger partial charge in [-0.15, -0.1) is 27.8 Å². The Hall–Kier alpha value is -0.540. The van der Waals surface area contributed by atoms with Crippen LogP contribution in [0.1, 0.15) is 53.0 Å². The average molecular weight is 555 g/mol. The molecule has 1 radical (unpaired) electrons. The molecule has 1 aliphatic carbocycles. The molecule has 0 spiro atoms. The second kappa shape index (κ2) is 11.5. The molecule has 0 saturated heterocycles. The predicted octanol–water partition coefficient (Wildman–Crippen LogP) is -0.607. The van der Waals surface area contributed by atoms with Crippen LogP contribution in [-0.2, 0) is 26.2 Å².